The molecule has 1 unspecified atom stereocenters. The summed E-state index contributed by atoms with van der Waals surface area (Å²) >= 11 is 0. The van der Waals surface area contributed by atoms with Crippen LogP contribution in [-0.4, -0.2) is 45.4 Å². The number of nitrogens with one attached hydrogen (secondary N) is 2. The highest BCUT2D eigenvalue weighted by molar-refractivity contribution is 7.92. The monoisotopic (exact) mass is 495 g/mol. The van der Waals surface area contributed by atoms with Crippen molar-refractivity contribution in [3.05, 3.63) is 53.0 Å². The van der Waals surface area contributed by atoms with Gasteiger partial charge in [0.2, 0.25) is 21.8 Å². The Bertz CT molecular complexity index is 1100. The average Bonchev–Trinajstić information content (AvgIpc) is 2.73. The molecule has 1 aromatic heterocycles. The third-order valence-corrected chi connectivity index (χ3v) is 5.60. The molecule has 8 nitrogen and oxygen atoms in total. The highest BCUT2D eigenvalue weighted by Gasteiger charge is 2.21. The number of carbonyl (C=O) groups excluding carboxylic acids is 1. The second-order valence-electron chi connectivity index (χ2n) is 9.01. The molecule has 10 heteroatoms. The number of hydrogen-bond acceptors (Lipinski definition) is 6. The third-order valence-electron chi connectivity index (χ3n) is 4.99. The lowest BCUT2D eigenvalue weighted by molar-refractivity contribution is -0.122. The maximum absolute atomic E-state index is 14.6. The first-order chi connectivity index (χ1) is 15.8. The zero-order chi connectivity index (χ0) is 25.5. The Kier molecular flexibility index (Phi) is 9.40. The molecule has 0 aliphatic carbocycles. The summed E-state index contributed by atoms with van der Waals surface area (Å²) in [5.74, 6) is -1.44. The van der Waals surface area contributed by atoms with E-state index in [0.29, 0.717) is 31.3 Å². The molecule has 0 bridgehead atoms. The van der Waals surface area contributed by atoms with Crippen LogP contribution in [0.1, 0.15) is 57.4 Å². The SMILES string of the molecule is CCOCCOc1nc(C(C)(C)C)ccc1CNC(=O)C(C)c1ccc(NS(C)(=O)=O)cc1F. The first-order valence-electron chi connectivity index (χ1n) is 11.1. The van der Waals surface area contributed by atoms with Crippen LogP contribution in [0.4, 0.5) is 10.1 Å². The molecular formula is C24H34FN3O5S. The Balaban J connectivity index is 2.13. The first-order valence-corrected chi connectivity index (χ1v) is 13.0. The van der Waals surface area contributed by atoms with Crippen molar-refractivity contribution in [1.82, 2.24) is 10.3 Å². The second-order valence-corrected chi connectivity index (χ2v) is 10.8. The third kappa shape index (κ3) is 8.25. The smallest absolute Gasteiger partial charge is 0.229 e. The van der Waals surface area contributed by atoms with Crippen molar-refractivity contribution in [2.45, 2.75) is 52.5 Å². The maximum atomic E-state index is 14.6. The minimum absolute atomic E-state index is 0.0928. The molecular weight excluding hydrogens is 461 g/mol. The molecule has 2 aromatic rings. The molecule has 0 radical (unpaired) electrons. The molecule has 188 valence electrons. The number of ether oxygens (including phenoxy) is 2. The fourth-order valence-corrected chi connectivity index (χ4v) is 3.68. The lowest BCUT2D eigenvalue weighted by Crippen LogP contribution is -2.28. The fourth-order valence-electron chi connectivity index (χ4n) is 3.12. The van der Waals surface area contributed by atoms with E-state index in [-0.39, 0.29) is 29.1 Å². The summed E-state index contributed by atoms with van der Waals surface area (Å²) < 4.78 is 50.6. The molecule has 1 heterocycles. The largest absolute Gasteiger partial charge is 0.475 e. The Morgan fingerprint density at radius 3 is 2.47 bits per heavy atom. The Labute approximate surface area is 201 Å². The second kappa shape index (κ2) is 11.6. The molecule has 2 N–H and O–H groups in total. The molecule has 0 spiro atoms. The van der Waals surface area contributed by atoms with Crippen LogP contribution in [-0.2, 0) is 31.5 Å². The van der Waals surface area contributed by atoms with Crippen LogP contribution in [0.2, 0.25) is 0 Å². The lowest BCUT2D eigenvalue weighted by atomic mass is 9.91. The summed E-state index contributed by atoms with van der Waals surface area (Å²) in [6, 6.07) is 7.63. The van der Waals surface area contributed by atoms with Gasteiger partial charge in [-0.15, -0.1) is 0 Å². The number of benzene rings is 1. The van der Waals surface area contributed by atoms with Crippen molar-refractivity contribution < 1.29 is 27.1 Å². The number of hydrogen-bond donors (Lipinski definition) is 2. The summed E-state index contributed by atoms with van der Waals surface area (Å²) in [6.07, 6.45) is 0.979. The van der Waals surface area contributed by atoms with Crippen molar-refractivity contribution in [3.63, 3.8) is 0 Å². The summed E-state index contributed by atoms with van der Waals surface area (Å²) in [5, 5.41) is 2.81. The van der Waals surface area contributed by atoms with Gasteiger partial charge in [-0.3, -0.25) is 9.52 Å². The number of sulfonamides is 1. The van der Waals surface area contributed by atoms with Crippen LogP contribution in [0.25, 0.3) is 0 Å². The number of pyridine rings is 1. The molecule has 1 atom stereocenters. The zero-order valence-electron chi connectivity index (χ0n) is 20.6. The number of carbonyl (C=O) groups is 1. The van der Waals surface area contributed by atoms with E-state index in [9.17, 15) is 17.6 Å². The molecule has 0 saturated carbocycles. The molecule has 1 aromatic carbocycles. The minimum atomic E-state index is -3.53. The highest BCUT2D eigenvalue weighted by Crippen LogP contribution is 2.26. The number of nitrogens with zero attached hydrogens (tertiary/aromatic N) is 1. The van der Waals surface area contributed by atoms with Gasteiger partial charge in [-0.2, -0.15) is 0 Å². The van der Waals surface area contributed by atoms with Crippen molar-refractivity contribution in [2.75, 3.05) is 30.8 Å². The van der Waals surface area contributed by atoms with E-state index in [1.165, 1.54) is 12.1 Å². The minimum Gasteiger partial charge on any atom is -0.475 e. The van der Waals surface area contributed by atoms with Gasteiger partial charge in [0.05, 0.1) is 24.5 Å². The summed E-state index contributed by atoms with van der Waals surface area (Å²) in [5.41, 5.74) is 1.62. The Morgan fingerprint density at radius 2 is 1.88 bits per heavy atom. The lowest BCUT2D eigenvalue weighted by Gasteiger charge is -2.20. The van der Waals surface area contributed by atoms with E-state index in [0.717, 1.165) is 18.0 Å². The van der Waals surface area contributed by atoms with Crippen LogP contribution in [0.5, 0.6) is 5.88 Å². The molecule has 0 fully saturated rings. The van der Waals surface area contributed by atoms with Gasteiger partial charge >= 0.3 is 0 Å². The van der Waals surface area contributed by atoms with Crippen LogP contribution >= 0.6 is 0 Å². The van der Waals surface area contributed by atoms with Gasteiger partial charge < -0.3 is 14.8 Å². The zero-order valence-corrected chi connectivity index (χ0v) is 21.4. The van der Waals surface area contributed by atoms with Gasteiger partial charge in [0.25, 0.3) is 0 Å². The van der Waals surface area contributed by atoms with Crippen molar-refractivity contribution in [2.24, 2.45) is 0 Å². The molecule has 2 rings (SSSR count). The number of rotatable bonds is 11. The van der Waals surface area contributed by atoms with E-state index in [1.54, 1.807) is 6.92 Å². The van der Waals surface area contributed by atoms with E-state index in [4.69, 9.17) is 9.47 Å². The highest BCUT2D eigenvalue weighted by atomic mass is 32.2. The molecule has 0 aliphatic rings. The van der Waals surface area contributed by atoms with Gasteiger partial charge in [0.1, 0.15) is 12.4 Å². The van der Waals surface area contributed by atoms with E-state index >= 15 is 0 Å². The fraction of sp³-hybridized carbons (Fsp3) is 0.500. The van der Waals surface area contributed by atoms with Crippen molar-refractivity contribution in [1.29, 1.82) is 0 Å². The number of aromatic nitrogens is 1. The van der Waals surface area contributed by atoms with E-state index in [1.807, 2.05) is 39.8 Å². The molecule has 0 aliphatic heterocycles. The average molecular weight is 496 g/mol. The van der Waals surface area contributed by atoms with Gasteiger partial charge in [-0.25, -0.2) is 17.8 Å². The molecule has 1 amide bonds. The van der Waals surface area contributed by atoms with Crippen LogP contribution in [0.3, 0.4) is 0 Å². The van der Waals surface area contributed by atoms with Crippen molar-refractivity contribution >= 4 is 21.6 Å². The molecule has 34 heavy (non-hydrogen) atoms. The predicted octanol–water partition coefficient (Wildman–Crippen LogP) is 3.72. The number of anilines is 1. The predicted molar refractivity (Wildman–Crippen MR) is 130 cm³/mol. The van der Waals surface area contributed by atoms with Crippen molar-refractivity contribution in [3.8, 4) is 5.88 Å². The summed E-state index contributed by atoms with van der Waals surface area (Å²) in [6.45, 7) is 11.1. The normalized spacial score (nSPS) is 12.8. The van der Waals surface area contributed by atoms with Gasteiger partial charge in [0.15, 0.2) is 0 Å². The summed E-state index contributed by atoms with van der Waals surface area (Å²) in [4.78, 5) is 17.4. The number of amides is 1. The maximum Gasteiger partial charge on any atom is 0.229 e. The Morgan fingerprint density at radius 1 is 1.18 bits per heavy atom. The topological polar surface area (TPSA) is 107 Å². The van der Waals surface area contributed by atoms with Gasteiger partial charge in [-0.05, 0) is 32.0 Å². The van der Waals surface area contributed by atoms with E-state index < -0.39 is 21.8 Å². The van der Waals surface area contributed by atoms with Crippen LogP contribution in [0, 0.1) is 5.82 Å². The van der Waals surface area contributed by atoms with Crippen LogP contribution in [0.15, 0.2) is 30.3 Å². The van der Waals surface area contributed by atoms with Gasteiger partial charge in [0, 0.05) is 35.4 Å². The van der Waals surface area contributed by atoms with E-state index in [2.05, 4.69) is 15.0 Å². The quantitative estimate of drug-likeness (QED) is 0.460. The number of halogens is 1. The Hall–Kier alpha value is -2.72. The standard InChI is InChI=1S/C24H34FN3O5S/c1-7-32-12-13-33-23-17(8-11-21(27-23)24(3,4)5)15-26-22(29)16(2)19-10-9-18(14-20(19)25)28-34(6,30)31/h8-11,14,16,28H,7,12-13,15H2,1-6H3,(H,26,29). The van der Waals surface area contributed by atoms with Gasteiger partial charge in [-0.1, -0.05) is 32.9 Å². The molecule has 0 saturated heterocycles. The van der Waals surface area contributed by atoms with Crippen LogP contribution < -0.4 is 14.8 Å². The first kappa shape index (κ1) is 27.5. The summed E-state index contributed by atoms with van der Waals surface area (Å²) in [7, 11) is -3.53.